The molecule has 0 atom stereocenters. The van der Waals surface area contributed by atoms with E-state index in [0.29, 0.717) is 0 Å². The fourth-order valence-corrected chi connectivity index (χ4v) is 7.91. The molecule has 4 fully saturated rings. The summed E-state index contributed by atoms with van der Waals surface area (Å²) in [5, 5.41) is 5.37. The van der Waals surface area contributed by atoms with Crippen LogP contribution in [0.15, 0.2) is 0 Å². The Balaban J connectivity index is 1.12. The van der Waals surface area contributed by atoms with Gasteiger partial charge in [0.1, 0.15) is 0 Å². The van der Waals surface area contributed by atoms with Gasteiger partial charge in [0.25, 0.3) is 0 Å². The molecule has 0 amide bonds. The van der Waals surface area contributed by atoms with Crippen molar-refractivity contribution in [2.45, 2.75) is 109 Å². The van der Waals surface area contributed by atoms with Crippen LogP contribution < -0.4 is 0 Å². The maximum atomic E-state index is 2.74. The average molecular weight is 490 g/mol. The molecule has 5 nitrogen and oxygen atoms in total. The van der Waals surface area contributed by atoms with Crippen molar-refractivity contribution >= 4 is 0 Å². The number of hydrazine groups is 1. The predicted molar refractivity (Wildman–Crippen MR) is 150 cm³/mol. The Kier molecular flexibility index (Phi) is 10.8. The maximum absolute atomic E-state index is 2.74. The SMILES string of the molecule is CCC1CCC(CN(C)C2CCN(N(C)C3CCC(CN(C)C4CCN(C)CC4)CC3)CC2)CC1. The monoisotopic (exact) mass is 489 g/mol. The summed E-state index contributed by atoms with van der Waals surface area (Å²) >= 11 is 0. The highest BCUT2D eigenvalue weighted by Crippen LogP contribution is 2.33. The molecule has 4 aliphatic rings. The quantitative estimate of drug-likeness (QED) is 0.450. The van der Waals surface area contributed by atoms with Gasteiger partial charge in [-0.15, -0.1) is 0 Å². The van der Waals surface area contributed by atoms with Crippen molar-refractivity contribution in [2.24, 2.45) is 17.8 Å². The van der Waals surface area contributed by atoms with Crippen LogP contribution in [0.25, 0.3) is 0 Å². The van der Waals surface area contributed by atoms with E-state index < -0.39 is 0 Å². The van der Waals surface area contributed by atoms with E-state index in [0.717, 1.165) is 35.9 Å². The Morgan fingerprint density at radius 1 is 0.543 bits per heavy atom. The van der Waals surface area contributed by atoms with E-state index in [-0.39, 0.29) is 0 Å². The molecule has 5 heteroatoms. The Morgan fingerprint density at radius 3 is 1.46 bits per heavy atom. The zero-order valence-corrected chi connectivity index (χ0v) is 24.1. The lowest BCUT2D eigenvalue weighted by Crippen LogP contribution is -2.53. The molecule has 0 aromatic rings. The van der Waals surface area contributed by atoms with E-state index in [9.17, 15) is 0 Å². The van der Waals surface area contributed by atoms with Crippen molar-refractivity contribution in [3.63, 3.8) is 0 Å². The lowest BCUT2D eigenvalue weighted by Gasteiger charge is -2.46. The number of hydrogen-bond donors (Lipinski definition) is 0. The number of rotatable bonds is 9. The van der Waals surface area contributed by atoms with E-state index in [2.05, 4.69) is 59.8 Å². The topological polar surface area (TPSA) is 16.2 Å². The van der Waals surface area contributed by atoms with E-state index in [1.165, 1.54) is 123 Å². The van der Waals surface area contributed by atoms with Gasteiger partial charge >= 0.3 is 0 Å². The minimum atomic E-state index is 0.767. The second kappa shape index (κ2) is 13.6. The summed E-state index contributed by atoms with van der Waals surface area (Å²) in [6, 6.07) is 2.38. The van der Waals surface area contributed by atoms with Crippen molar-refractivity contribution in [1.82, 2.24) is 24.7 Å². The molecule has 0 N–H and O–H groups in total. The lowest BCUT2D eigenvalue weighted by molar-refractivity contribution is -0.0768. The minimum Gasteiger partial charge on any atom is -0.306 e. The van der Waals surface area contributed by atoms with Gasteiger partial charge in [0, 0.05) is 51.4 Å². The molecule has 2 saturated heterocycles. The van der Waals surface area contributed by atoms with Crippen LogP contribution in [-0.4, -0.2) is 110 Å². The number of likely N-dealkylation sites (tertiary alicyclic amines) is 1. The minimum absolute atomic E-state index is 0.767. The Morgan fingerprint density at radius 2 is 0.971 bits per heavy atom. The molecule has 2 aliphatic heterocycles. The first kappa shape index (κ1) is 27.8. The summed E-state index contributed by atoms with van der Waals surface area (Å²) in [5.74, 6) is 2.89. The van der Waals surface area contributed by atoms with Gasteiger partial charge in [0.05, 0.1) is 0 Å². The van der Waals surface area contributed by atoms with E-state index in [1.54, 1.807) is 0 Å². The molecule has 2 saturated carbocycles. The van der Waals surface area contributed by atoms with Crippen molar-refractivity contribution in [3.8, 4) is 0 Å². The van der Waals surface area contributed by atoms with Gasteiger partial charge in [-0.2, -0.15) is 0 Å². The third-order valence-electron chi connectivity index (χ3n) is 10.8. The van der Waals surface area contributed by atoms with Crippen LogP contribution >= 0.6 is 0 Å². The summed E-state index contributed by atoms with van der Waals surface area (Å²) in [6.07, 6.45) is 18.3. The number of nitrogens with zero attached hydrogens (tertiary/aromatic N) is 5. The van der Waals surface area contributed by atoms with Crippen LogP contribution in [0.4, 0.5) is 0 Å². The molecular formula is C30H59N5. The number of piperidine rings is 2. The molecular weight excluding hydrogens is 430 g/mol. The van der Waals surface area contributed by atoms with Gasteiger partial charge in [-0.3, -0.25) is 0 Å². The standard InChI is InChI=1S/C30H59N5/c1-6-25-7-9-26(10-8-25)23-33(4)29-17-21-35(22-18-29)34(5)30-13-11-27(12-14-30)24-32(3)28-15-19-31(2)20-16-28/h25-30H,6-24H2,1-5H3. The van der Waals surface area contributed by atoms with Gasteiger partial charge in [0.15, 0.2) is 0 Å². The Labute approximate surface area is 218 Å². The van der Waals surface area contributed by atoms with Crippen LogP contribution in [0.2, 0.25) is 0 Å². The molecule has 4 rings (SSSR count). The summed E-state index contributed by atoms with van der Waals surface area (Å²) in [5.41, 5.74) is 0. The molecule has 204 valence electrons. The molecule has 0 spiro atoms. The van der Waals surface area contributed by atoms with Crippen LogP contribution in [0.1, 0.15) is 90.4 Å². The lowest BCUT2D eigenvalue weighted by atomic mass is 9.80. The zero-order valence-electron chi connectivity index (χ0n) is 24.1. The molecule has 0 aromatic carbocycles. The van der Waals surface area contributed by atoms with Gasteiger partial charge in [0.2, 0.25) is 0 Å². The second-order valence-corrected chi connectivity index (χ2v) is 13.1. The molecule has 35 heavy (non-hydrogen) atoms. The fourth-order valence-electron chi connectivity index (χ4n) is 7.91. The van der Waals surface area contributed by atoms with Crippen LogP contribution in [0.5, 0.6) is 0 Å². The smallest absolute Gasteiger partial charge is 0.0243 e. The van der Waals surface area contributed by atoms with E-state index in [4.69, 9.17) is 0 Å². The Hall–Kier alpha value is -0.200. The third-order valence-corrected chi connectivity index (χ3v) is 10.8. The first-order chi connectivity index (χ1) is 16.9. The van der Waals surface area contributed by atoms with Crippen molar-refractivity contribution in [3.05, 3.63) is 0 Å². The summed E-state index contributed by atoms with van der Waals surface area (Å²) in [4.78, 5) is 7.93. The van der Waals surface area contributed by atoms with Gasteiger partial charge in [-0.25, -0.2) is 10.0 Å². The fraction of sp³-hybridized carbons (Fsp3) is 1.00. The van der Waals surface area contributed by atoms with Crippen LogP contribution in [0.3, 0.4) is 0 Å². The van der Waals surface area contributed by atoms with Crippen molar-refractivity contribution in [1.29, 1.82) is 0 Å². The normalized spacial score (nSPS) is 33.3. The van der Waals surface area contributed by atoms with Crippen molar-refractivity contribution < 1.29 is 0 Å². The largest absolute Gasteiger partial charge is 0.306 e. The summed E-state index contributed by atoms with van der Waals surface area (Å²) in [7, 11) is 9.48. The highest BCUT2D eigenvalue weighted by molar-refractivity contribution is 4.85. The molecule has 0 bridgehead atoms. The van der Waals surface area contributed by atoms with E-state index >= 15 is 0 Å². The molecule has 2 aliphatic carbocycles. The van der Waals surface area contributed by atoms with Gasteiger partial charge < -0.3 is 14.7 Å². The highest BCUT2D eigenvalue weighted by atomic mass is 15.6. The van der Waals surface area contributed by atoms with Crippen molar-refractivity contribution in [2.75, 3.05) is 67.5 Å². The van der Waals surface area contributed by atoms with Crippen LogP contribution in [-0.2, 0) is 0 Å². The maximum Gasteiger partial charge on any atom is 0.0243 e. The van der Waals surface area contributed by atoms with E-state index in [1.807, 2.05) is 0 Å². The zero-order chi connectivity index (χ0) is 24.8. The van der Waals surface area contributed by atoms with Gasteiger partial charge in [-0.1, -0.05) is 26.2 Å². The molecule has 0 unspecified atom stereocenters. The summed E-state index contributed by atoms with van der Waals surface area (Å²) in [6.45, 7) is 10.1. The predicted octanol–water partition coefficient (Wildman–Crippen LogP) is 5.03. The first-order valence-electron chi connectivity index (χ1n) is 15.5. The van der Waals surface area contributed by atoms with Crippen LogP contribution in [0, 0.1) is 17.8 Å². The molecule has 2 heterocycles. The third kappa shape index (κ3) is 7.89. The molecule has 0 aromatic heterocycles. The highest BCUT2D eigenvalue weighted by Gasteiger charge is 2.32. The summed E-state index contributed by atoms with van der Waals surface area (Å²) < 4.78 is 0. The number of hydrogen-bond acceptors (Lipinski definition) is 5. The average Bonchev–Trinajstić information content (AvgIpc) is 2.89. The second-order valence-electron chi connectivity index (χ2n) is 13.1. The first-order valence-corrected chi connectivity index (χ1v) is 15.5. The Bertz CT molecular complexity index is 582. The van der Waals surface area contributed by atoms with Gasteiger partial charge in [-0.05, 0) is 116 Å². The molecule has 0 radical (unpaired) electrons.